The Morgan fingerprint density at radius 3 is 2.37 bits per heavy atom. The third-order valence-electron chi connectivity index (χ3n) is 7.32. The molecule has 3 N–H and O–H groups in total. The van der Waals surface area contributed by atoms with Gasteiger partial charge in [0.15, 0.2) is 0 Å². The quantitative estimate of drug-likeness (QED) is 0.568. The highest BCUT2D eigenvalue weighted by atomic mass is 16.3. The van der Waals surface area contributed by atoms with Gasteiger partial charge in [-0.25, -0.2) is 0 Å². The zero-order chi connectivity index (χ0) is 25.2. The van der Waals surface area contributed by atoms with Gasteiger partial charge in [-0.3, -0.25) is 14.4 Å². The molecule has 1 unspecified atom stereocenters. The van der Waals surface area contributed by atoms with Crippen LogP contribution in [0.25, 0.3) is 11.1 Å². The summed E-state index contributed by atoms with van der Waals surface area (Å²) in [6.07, 6.45) is 2.26. The monoisotopic (exact) mass is 477 g/mol. The molecule has 1 fully saturated rings. The lowest BCUT2D eigenvalue weighted by atomic mass is 9.84. The average molecular weight is 478 g/mol. The molecule has 2 aromatic carbocycles. The van der Waals surface area contributed by atoms with Gasteiger partial charge in [0.05, 0.1) is 11.1 Å². The number of likely N-dealkylation sites (N-methyl/N-ethyl adjacent to an activating group) is 1. The van der Waals surface area contributed by atoms with E-state index in [1.54, 1.807) is 11.9 Å². The fourth-order valence-corrected chi connectivity index (χ4v) is 5.32. The number of aliphatic hydroxyl groups excluding tert-OH is 1. The molecule has 1 aliphatic heterocycles. The Labute approximate surface area is 206 Å². The number of benzene rings is 2. The Balaban J connectivity index is 1.59. The number of nitrogens with zero attached hydrogens (tertiary/aromatic N) is 1. The van der Waals surface area contributed by atoms with E-state index in [-0.39, 0.29) is 24.3 Å². The number of hydrogen-bond acceptors (Lipinski definition) is 4. The summed E-state index contributed by atoms with van der Waals surface area (Å²) in [6, 6.07) is 14.6. The van der Waals surface area contributed by atoms with Crippen LogP contribution in [0.1, 0.15) is 57.6 Å². The van der Waals surface area contributed by atoms with Crippen molar-refractivity contribution in [1.29, 1.82) is 0 Å². The van der Waals surface area contributed by atoms with Crippen LogP contribution in [-0.4, -0.2) is 42.5 Å². The van der Waals surface area contributed by atoms with Crippen LogP contribution in [-0.2, 0) is 14.4 Å². The molecule has 0 radical (unpaired) electrons. The smallest absolute Gasteiger partial charge is 0.253 e. The average Bonchev–Trinajstić information content (AvgIpc) is 3.32. The van der Waals surface area contributed by atoms with Crippen LogP contribution < -0.4 is 15.5 Å². The van der Waals surface area contributed by atoms with E-state index in [2.05, 4.69) is 10.6 Å². The van der Waals surface area contributed by atoms with Gasteiger partial charge in [0.1, 0.15) is 12.1 Å². The van der Waals surface area contributed by atoms with Crippen molar-refractivity contribution in [3.63, 3.8) is 0 Å². The first-order valence-electron chi connectivity index (χ1n) is 12.5. The third-order valence-corrected chi connectivity index (χ3v) is 7.32. The van der Waals surface area contributed by atoms with Crippen molar-refractivity contribution in [1.82, 2.24) is 10.6 Å². The summed E-state index contributed by atoms with van der Waals surface area (Å²) >= 11 is 0. The zero-order valence-corrected chi connectivity index (χ0v) is 20.7. The summed E-state index contributed by atoms with van der Waals surface area (Å²) in [5.41, 5.74) is 2.60. The van der Waals surface area contributed by atoms with Crippen molar-refractivity contribution in [2.45, 2.75) is 58.1 Å². The molecule has 1 heterocycles. The maximum atomic E-state index is 13.7. The number of rotatable bonds is 7. The summed E-state index contributed by atoms with van der Waals surface area (Å²) in [4.78, 5) is 41.4. The maximum absolute atomic E-state index is 13.7. The minimum absolute atomic E-state index is 0.144. The number of anilines is 1. The normalized spacial score (nSPS) is 19.5. The van der Waals surface area contributed by atoms with Crippen LogP contribution in [0.15, 0.2) is 48.5 Å². The molecule has 2 aromatic rings. The summed E-state index contributed by atoms with van der Waals surface area (Å²) in [7, 11) is 1.73. The van der Waals surface area contributed by atoms with E-state index < -0.39 is 23.5 Å². The molecule has 7 nitrogen and oxygen atoms in total. The van der Waals surface area contributed by atoms with E-state index in [1.165, 1.54) is 0 Å². The summed E-state index contributed by atoms with van der Waals surface area (Å²) in [5, 5.41) is 16.0. The highest BCUT2D eigenvalue weighted by Crippen LogP contribution is 2.42. The number of carbonyl (C=O) groups excluding carboxylic acids is 3. The van der Waals surface area contributed by atoms with Crippen LogP contribution in [0, 0.1) is 11.3 Å². The van der Waals surface area contributed by atoms with Crippen molar-refractivity contribution in [3.8, 4) is 11.1 Å². The molecular formula is C28H35N3O4. The molecule has 2 atom stereocenters. The number of hydrogen-bond donors (Lipinski definition) is 3. The topological polar surface area (TPSA) is 98.7 Å². The maximum Gasteiger partial charge on any atom is 0.253 e. The molecule has 186 valence electrons. The van der Waals surface area contributed by atoms with Gasteiger partial charge >= 0.3 is 0 Å². The van der Waals surface area contributed by atoms with Gasteiger partial charge < -0.3 is 20.6 Å². The van der Waals surface area contributed by atoms with Crippen molar-refractivity contribution >= 4 is 23.4 Å². The van der Waals surface area contributed by atoms with Crippen LogP contribution in [0.5, 0.6) is 0 Å². The molecule has 0 bridgehead atoms. The van der Waals surface area contributed by atoms with Crippen molar-refractivity contribution in [2.24, 2.45) is 11.3 Å². The van der Waals surface area contributed by atoms with Gasteiger partial charge in [0.2, 0.25) is 11.8 Å². The van der Waals surface area contributed by atoms with Crippen LogP contribution in [0.2, 0.25) is 0 Å². The fourth-order valence-electron chi connectivity index (χ4n) is 5.32. The number of para-hydroxylation sites is 1. The molecule has 2 aliphatic rings. The van der Waals surface area contributed by atoms with Gasteiger partial charge in [0.25, 0.3) is 5.91 Å². The van der Waals surface area contributed by atoms with E-state index in [1.807, 2.05) is 62.4 Å². The predicted octanol–water partition coefficient (Wildman–Crippen LogP) is 3.57. The van der Waals surface area contributed by atoms with Gasteiger partial charge in [-0.05, 0) is 42.4 Å². The highest BCUT2D eigenvalue weighted by molar-refractivity contribution is 6.06. The first kappa shape index (κ1) is 24.9. The second-order valence-electron chi connectivity index (χ2n) is 10.3. The number of fused-ring (bicyclic) bond motifs is 3. The number of carbonyl (C=O) groups is 3. The van der Waals surface area contributed by atoms with E-state index >= 15 is 0 Å². The van der Waals surface area contributed by atoms with Gasteiger partial charge in [-0.1, -0.05) is 69.2 Å². The lowest BCUT2D eigenvalue weighted by molar-refractivity contribution is -0.136. The predicted molar refractivity (Wildman–Crippen MR) is 136 cm³/mol. The Hall–Kier alpha value is -3.19. The molecule has 7 heteroatoms. The number of amides is 3. The van der Waals surface area contributed by atoms with Crippen molar-refractivity contribution < 1.29 is 19.5 Å². The third kappa shape index (κ3) is 4.96. The van der Waals surface area contributed by atoms with E-state index in [0.29, 0.717) is 19.3 Å². The van der Waals surface area contributed by atoms with E-state index in [9.17, 15) is 19.5 Å². The number of nitrogens with one attached hydrogen (secondary N) is 2. The SMILES string of the molecule is CC(C)C[C@H](O)C(=O)NCC1(C(=O)NC2C(=O)N(C)c3ccccc3-c3ccccc32)CCCC1. The lowest BCUT2D eigenvalue weighted by Gasteiger charge is -2.31. The van der Waals surface area contributed by atoms with E-state index in [4.69, 9.17) is 0 Å². The molecule has 1 aliphatic carbocycles. The summed E-state index contributed by atoms with van der Waals surface area (Å²) in [6.45, 7) is 4.03. The molecule has 0 spiro atoms. The number of aliphatic hydroxyl groups is 1. The summed E-state index contributed by atoms with van der Waals surface area (Å²) < 4.78 is 0. The minimum atomic E-state index is -1.10. The largest absolute Gasteiger partial charge is 0.383 e. The minimum Gasteiger partial charge on any atom is -0.383 e. The summed E-state index contributed by atoms with van der Waals surface area (Å²) in [5.74, 6) is -0.716. The molecular weight excluding hydrogens is 442 g/mol. The fraction of sp³-hybridized carbons (Fsp3) is 0.464. The Morgan fingerprint density at radius 1 is 1.06 bits per heavy atom. The molecule has 1 saturated carbocycles. The zero-order valence-electron chi connectivity index (χ0n) is 20.7. The van der Waals surface area contributed by atoms with Crippen LogP contribution >= 0.6 is 0 Å². The van der Waals surface area contributed by atoms with Gasteiger partial charge in [-0.15, -0.1) is 0 Å². The first-order chi connectivity index (χ1) is 16.7. The second kappa shape index (κ2) is 10.2. The molecule has 0 saturated heterocycles. The van der Waals surface area contributed by atoms with Crippen LogP contribution in [0.3, 0.4) is 0 Å². The van der Waals surface area contributed by atoms with E-state index in [0.717, 1.165) is 35.2 Å². The Morgan fingerprint density at radius 2 is 1.69 bits per heavy atom. The Kier molecular flexibility index (Phi) is 7.26. The van der Waals surface area contributed by atoms with Crippen molar-refractivity contribution in [2.75, 3.05) is 18.5 Å². The highest BCUT2D eigenvalue weighted by Gasteiger charge is 2.44. The lowest BCUT2D eigenvalue weighted by Crippen LogP contribution is -2.51. The molecule has 4 rings (SSSR count). The van der Waals surface area contributed by atoms with Crippen LogP contribution in [0.4, 0.5) is 5.69 Å². The first-order valence-corrected chi connectivity index (χ1v) is 12.5. The Bertz CT molecular complexity index is 1110. The molecule has 35 heavy (non-hydrogen) atoms. The molecule has 3 amide bonds. The standard InChI is InChI=1S/C28H35N3O4/c1-18(2)16-23(32)25(33)29-17-28(14-8-9-15-28)27(35)30-24-21-12-5-4-10-19(21)20-11-6-7-13-22(20)31(3)26(24)34/h4-7,10-13,18,23-24,32H,8-9,14-17H2,1-3H3,(H,29,33)(H,30,35)/t23-,24?/m0/s1. The second-order valence-corrected chi connectivity index (χ2v) is 10.3. The molecule has 0 aromatic heterocycles. The van der Waals surface area contributed by atoms with Crippen molar-refractivity contribution in [3.05, 3.63) is 54.1 Å². The van der Waals surface area contributed by atoms with Gasteiger partial charge in [0, 0.05) is 19.2 Å². The van der Waals surface area contributed by atoms with Gasteiger partial charge in [-0.2, -0.15) is 0 Å².